The van der Waals surface area contributed by atoms with Gasteiger partial charge in [-0.3, -0.25) is 15.0 Å². The van der Waals surface area contributed by atoms with Crippen molar-refractivity contribution in [1.82, 2.24) is 4.98 Å². The van der Waals surface area contributed by atoms with Crippen LogP contribution in [0.15, 0.2) is 70.6 Å². The number of nitrogens with zero attached hydrogens (tertiary/aromatic N) is 3. The zero-order chi connectivity index (χ0) is 19.1. The van der Waals surface area contributed by atoms with E-state index in [1.807, 2.05) is 48.7 Å². The lowest BCUT2D eigenvalue weighted by Crippen LogP contribution is -1.97. The molecule has 0 radical (unpaired) electrons. The smallest absolute Gasteiger partial charge is 0.142 e. The summed E-state index contributed by atoms with van der Waals surface area (Å²) in [6, 6.07) is 18.0. The summed E-state index contributed by atoms with van der Waals surface area (Å²) in [5, 5.41) is 11.0. The Morgan fingerprint density at radius 2 is 1.44 bits per heavy atom. The van der Waals surface area contributed by atoms with Gasteiger partial charge in [0, 0.05) is 52.8 Å². The van der Waals surface area contributed by atoms with Crippen LogP contribution in [0.4, 0.5) is 11.4 Å². The van der Waals surface area contributed by atoms with Crippen LogP contribution in [0.25, 0.3) is 0 Å². The quantitative estimate of drug-likeness (QED) is 0.519. The molecule has 0 amide bonds. The van der Waals surface area contributed by atoms with Gasteiger partial charge < -0.3 is 5.11 Å². The van der Waals surface area contributed by atoms with Crippen LogP contribution in [0.5, 0.6) is 5.75 Å². The Morgan fingerprint density at radius 3 is 2.11 bits per heavy atom. The molecular formula is C21H17Cl2N3O. The Balaban J connectivity index is 1.59. The molecule has 0 unspecified atom stereocenters. The van der Waals surface area contributed by atoms with Crippen LogP contribution in [0.3, 0.4) is 0 Å². The fourth-order valence-electron chi connectivity index (χ4n) is 2.37. The van der Waals surface area contributed by atoms with Crippen molar-refractivity contribution in [3.05, 3.63) is 82.1 Å². The first-order valence-electron chi connectivity index (χ1n) is 8.34. The molecule has 0 aliphatic rings. The predicted octanol–water partition coefficient (Wildman–Crippen LogP) is 5.98. The summed E-state index contributed by atoms with van der Waals surface area (Å²) in [5.74, 6) is 0.0545. The van der Waals surface area contributed by atoms with E-state index in [-0.39, 0.29) is 5.75 Å². The number of aromatic hydroxyl groups is 1. The number of halogens is 2. The minimum absolute atomic E-state index is 0.0545. The van der Waals surface area contributed by atoms with Gasteiger partial charge in [0.15, 0.2) is 0 Å². The summed E-state index contributed by atoms with van der Waals surface area (Å²) in [5.41, 5.74) is 3.15. The van der Waals surface area contributed by atoms with Gasteiger partial charge >= 0.3 is 0 Å². The summed E-state index contributed by atoms with van der Waals surface area (Å²) in [7, 11) is 0. The second-order valence-electron chi connectivity index (χ2n) is 5.76. The number of pyridine rings is 1. The van der Waals surface area contributed by atoms with E-state index in [4.69, 9.17) is 23.2 Å². The topological polar surface area (TPSA) is 57.8 Å². The van der Waals surface area contributed by atoms with E-state index in [0.29, 0.717) is 28.6 Å². The van der Waals surface area contributed by atoms with Gasteiger partial charge in [0.05, 0.1) is 5.69 Å². The number of hydrogen-bond acceptors (Lipinski definition) is 4. The highest BCUT2D eigenvalue weighted by atomic mass is 35.5. The van der Waals surface area contributed by atoms with E-state index in [1.165, 1.54) is 6.07 Å². The van der Waals surface area contributed by atoms with E-state index < -0.39 is 0 Å². The van der Waals surface area contributed by atoms with Gasteiger partial charge in [-0.05, 0) is 48.5 Å². The number of phenols is 1. The molecule has 6 heteroatoms. The van der Waals surface area contributed by atoms with Gasteiger partial charge in [-0.1, -0.05) is 29.3 Å². The third kappa shape index (κ3) is 5.91. The largest absolute Gasteiger partial charge is 0.506 e. The summed E-state index contributed by atoms with van der Waals surface area (Å²) >= 11 is 11.7. The maximum Gasteiger partial charge on any atom is 0.142 e. The fourth-order valence-corrected chi connectivity index (χ4v) is 2.66. The Labute approximate surface area is 167 Å². The van der Waals surface area contributed by atoms with Gasteiger partial charge in [0.1, 0.15) is 11.4 Å². The average molecular weight is 398 g/mol. The third-order valence-corrected chi connectivity index (χ3v) is 4.19. The molecular weight excluding hydrogens is 381 g/mol. The van der Waals surface area contributed by atoms with E-state index in [1.54, 1.807) is 18.3 Å². The maximum atomic E-state index is 9.80. The molecule has 1 N–H and O–H groups in total. The van der Waals surface area contributed by atoms with Gasteiger partial charge in [-0.15, -0.1) is 0 Å². The van der Waals surface area contributed by atoms with Crippen LogP contribution < -0.4 is 0 Å². The van der Waals surface area contributed by atoms with Crippen molar-refractivity contribution in [1.29, 1.82) is 0 Å². The maximum absolute atomic E-state index is 9.80. The third-order valence-electron chi connectivity index (χ3n) is 3.70. The molecule has 4 nitrogen and oxygen atoms in total. The molecule has 3 aromatic rings. The molecule has 0 spiro atoms. The molecule has 0 aliphatic carbocycles. The predicted molar refractivity (Wildman–Crippen MR) is 113 cm³/mol. The highest BCUT2D eigenvalue weighted by molar-refractivity contribution is 6.31. The molecule has 27 heavy (non-hydrogen) atoms. The molecule has 0 saturated heterocycles. The lowest BCUT2D eigenvalue weighted by molar-refractivity contribution is 0.477. The first kappa shape index (κ1) is 19.1. The number of hydrogen-bond donors (Lipinski definition) is 1. The van der Waals surface area contributed by atoms with Crippen molar-refractivity contribution < 1.29 is 5.11 Å². The van der Waals surface area contributed by atoms with E-state index in [9.17, 15) is 5.11 Å². The van der Waals surface area contributed by atoms with Crippen molar-refractivity contribution in [3.63, 3.8) is 0 Å². The number of aliphatic imine (C=N–C) groups is 2. The number of benzene rings is 2. The standard InChI is InChI=1S/C21H17Cl2N3O/c22-15-4-7-17(8-5-15)24-12-10-18-2-1-3-19(26-18)11-13-25-20-9-6-16(23)14-21(20)27/h1-9,12-14,27H,10-11H2. The molecule has 136 valence electrons. The minimum Gasteiger partial charge on any atom is -0.506 e. The van der Waals surface area contributed by atoms with Crippen LogP contribution in [-0.4, -0.2) is 22.5 Å². The van der Waals surface area contributed by atoms with Crippen molar-refractivity contribution in [2.24, 2.45) is 9.98 Å². The highest BCUT2D eigenvalue weighted by Crippen LogP contribution is 2.28. The van der Waals surface area contributed by atoms with Gasteiger partial charge in [-0.2, -0.15) is 0 Å². The zero-order valence-electron chi connectivity index (χ0n) is 14.4. The summed E-state index contributed by atoms with van der Waals surface area (Å²) in [6.45, 7) is 0. The second kappa shape index (κ2) is 9.31. The van der Waals surface area contributed by atoms with Gasteiger partial charge in [0.2, 0.25) is 0 Å². The fraction of sp³-hybridized carbons (Fsp3) is 0.0952. The van der Waals surface area contributed by atoms with Crippen molar-refractivity contribution >= 4 is 47.0 Å². The molecule has 0 atom stereocenters. The molecule has 3 rings (SSSR count). The SMILES string of the molecule is Oc1cc(Cl)ccc1N=CCc1cccc(CC=Nc2ccc(Cl)cc2)n1. The highest BCUT2D eigenvalue weighted by Gasteiger charge is 2.00. The summed E-state index contributed by atoms with van der Waals surface area (Å²) in [4.78, 5) is 13.3. The van der Waals surface area contributed by atoms with E-state index in [0.717, 1.165) is 17.1 Å². The molecule has 0 saturated carbocycles. The van der Waals surface area contributed by atoms with E-state index >= 15 is 0 Å². The van der Waals surface area contributed by atoms with Crippen LogP contribution >= 0.6 is 23.2 Å². The Kier molecular flexibility index (Phi) is 6.58. The number of rotatable bonds is 6. The summed E-state index contributed by atoms with van der Waals surface area (Å²) < 4.78 is 0. The average Bonchev–Trinajstić information content (AvgIpc) is 2.66. The van der Waals surface area contributed by atoms with Gasteiger partial charge in [0.25, 0.3) is 0 Å². The Bertz CT molecular complexity index is 969. The van der Waals surface area contributed by atoms with Gasteiger partial charge in [-0.25, -0.2) is 0 Å². The van der Waals surface area contributed by atoms with Crippen LogP contribution in [0.1, 0.15) is 11.4 Å². The first-order valence-corrected chi connectivity index (χ1v) is 9.10. The van der Waals surface area contributed by atoms with Crippen molar-refractivity contribution in [2.75, 3.05) is 0 Å². The zero-order valence-corrected chi connectivity index (χ0v) is 15.9. The molecule has 0 fully saturated rings. The Hall–Kier alpha value is -2.69. The molecule has 1 aromatic heterocycles. The van der Waals surface area contributed by atoms with Crippen molar-refractivity contribution in [3.8, 4) is 5.75 Å². The molecule has 1 heterocycles. The number of phenolic OH excluding ortho intramolecular Hbond substituents is 1. The van der Waals surface area contributed by atoms with Crippen LogP contribution in [0, 0.1) is 0 Å². The second-order valence-corrected chi connectivity index (χ2v) is 6.63. The lowest BCUT2D eigenvalue weighted by atomic mass is 10.2. The molecule has 2 aromatic carbocycles. The molecule has 0 bridgehead atoms. The number of aromatic nitrogens is 1. The van der Waals surface area contributed by atoms with Crippen LogP contribution in [0.2, 0.25) is 10.0 Å². The monoisotopic (exact) mass is 397 g/mol. The summed E-state index contributed by atoms with van der Waals surface area (Å²) in [6.07, 6.45) is 4.74. The molecule has 0 aliphatic heterocycles. The normalized spacial score (nSPS) is 11.5. The van der Waals surface area contributed by atoms with Crippen molar-refractivity contribution in [2.45, 2.75) is 12.8 Å². The lowest BCUT2D eigenvalue weighted by Gasteiger charge is -2.01. The first-order chi connectivity index (χ1) is 13.1. The van der Waals surface area contributed by atoms with Crippen LogP contribution in [-0.2, 0) is 12.8 Å². The minimum atomic E-state index is 0.0545. The Morgan fingerprint density at radius 1 is 0.815 bits per heavy atom. The van der Waals surface area contributed by atoms with E-state index in [2.05, 4.69) is 15.0 Å².